The van der Waals surface area contributed by atoms with E-state index in [1.807, 2.05) is 6.92 Å². The average Bonchev–Trinajstić information content (AvgIpc) is 2.32. The maximum absolute atomic E-state index is 12.0. The third-order valence-corrected chi connectivity index (χ3v) is 3.63. The van der Waals surface area contributed by atoms with E-state index in [1.165, 1.54) is 7.11 Å². The van der Waals surface area contributed by atoms with Crippen molar-refractivity contribution in [3.05, 3.63) is 0 Å². The molecule has 0 aromatic rings. The molecule has 104 valence electrons. The number of carboxylic acid groups (broad SMARTS) is 1. The van der Waals surface area contributed by atoms with Crippen LogP contribution in [0.5, 0.6) is 0 Å². The van der Waals surface area contributed by atoms with Crippen LogP contribution < -0.4 is 5.32 Å². The van der Waals surface area contributed by atoms with E-state index in [-0.39, 0.29) is 18.6 Å². The van der Waals surface area contributed by atoms with Crippen LogP contribution in [0.1, 0.15) is 26.7 Å². The fourth-order valence-corrected chi connectivity index (χ4v) is 2.18. The van der Waals surface area contributed by atoms with Crippen LogP contribution in [0.15, 0.2) is 0 Å². The summed E-state index contributed by atoms with van der Waals surface area (Å²) in [5.41, 5.74) is 0. The maximum atomic E-state index is 12.0. The zero-order valence-corrected chi connectivity index (χ0v) is 11.2. The molecule has 0 aromatic heterocycles. The quantitative estimate of drug-likeness (QED) is 0.785. The van der Waals surface area contributed by atoms with Gasteiger partial charge in [-0.05, 0) is 25.7 Å². The molecule has 1 fully saturated rings. The molecule has 0 aliphatic carbocycles. The number of amides is 2. The second kappa shape index (κ2) is 6.58. The van der Waals surface area contributed by atoms with E-state index in [4.69, 9.17) is 9.84 Å². The summed E-state index contributed by atoms with van der Waals surface area (Å²) in [7, 11) is 1.32. The zero-order valence-electron chi connectivity index (χ0n) is 11.2. The van der Waals surface area contributed by atoms with Crippen LogP contribution in [0, 0.1) is 5.92 Å². The minimum Gasteiger partial charge on any atom is -0.479 e. The van der Waals surface area contributed by atoms with Gasteiger partial charge in [0, 0.05) is 19.7 Å². The molecule has 3 atom stereocenters. The first-order valence-electron chi connectivity index (χ1n) is 6.27. The number of carbonyl (C=O) groups is 2. The summed E-state index contributed by atoms with van der Waals surface area (Å²) < 4.78 is 4.76. The molecule has 0 radical (unpaired) electrons. The number of nitrogens with one attached hydrogen (secondary N) is 1. The summed E-state index contributed by atoms with van der Waals surface area (Å²) in [6.07, 6.45) is 1.12. The van der Waals surface area contributed by atoms with Gasteiger partial charge in [0.2, 0.25) is 0 Å². The highest BCUT2D eigenvalue weighted by Gasteiger charge is 2.29. The highest BCUT2D eigenvalue weighted by Crippen LogP contribution is 2.22. The van der Waals surface area contributed by atoms with Crippen molar-refractivity contribution in [2.24, 2.45) is 5.92 Å². The van der Waals surface area contributed by atoms with E-state index >= 15 is 0 Å². The third-order valence-electron chi connectivity index (χ3n) is 3.63. The molecule has 2 amide bonds. The molecule has 1 saturated heterocycles. The lowest BCUT2D eigenvalue weighted by atomic mass is 9.92. The molecule has 0 saturated carbocycles. The van der Waals surface area contributed by atoms with Crippen molar-refractivity contribution in [2.45, 2.75) is 38.8 Å². The number of likely N-dealkylation sites (tertiary alicyclic amines) is 1. The van der Waals surface area contributed by atoms with Crippen LogP contribution in [0.3, 0.4) is 0 Å². The number of hydrogen-bond donors (Lipinski definition) is 2. The molecule has 6 heteroatoms. The van der Waals surface area contributed by atoms with Gasteiger partial charge in [0.1, 0.15) is 0 Å². The molecule has 0 bridgehead atoms. The van der Waals surface area contributed by atoms with Crippen molar-refractivity contribution in [3.8, 4) is 0 Å². The van der Waals surface area contributed by atoms with Crippen LogP contribution in [0.25, 0.3) is 0 Å². The van der Waals surface area contributed by atoms with E-state index in [0.717, 1.165) is 19.4 Å². The SMILES string of the molecule is COC(CNC(=O)N1CCCC(C)C1C)C(=O)O. The number of carbonyl (C=O) groups excluding carboxylic acids is 1. The first kappa shape index (κ1) is 14.8. The summed E-state index contributed by atoms with van der Waals surface area (Å²) in [5, 5.41) is 11.4. The molecule has 3 unspecified atom stereocenters. The van der Waals surface area contributed by atoms with Gasteiger partial charge in [-0.25, -0.2) is 9.59 Å². The van der Waals surface area contributed by atoms with Crippen molar-refractivity contribution < 1.29 is 19.4 Å². The lowest BCUT2D eigenvalue weighted by Gasteiger charge is -2.37. The number of aliphatic carboxylic acids is 1. The first-order chi connectivity index (χ1) is 8.47. The highest BCUT2D eigenvalue weighted by molar-refractivity contribution is 5.77. The molecule has 2 N–H and O–H groups in total. The van der Waals surface area contributed by atoms with E-state index in [9.17, 15) is 9.59 Å². The van der Waals surface area contributed by atoms with Crippen molar-refractivity contribution in [2.75, 3.05) is 20.2 Å². The van der Waals surface area contributed by atoms with Gasteiger partial charge >= 0.3 is 12.0 Å². The van der Waals surface area contributed by atoms with Crippen molar-refractivity contribution in [1.82, 2.24) is 10.2 Å². The molecule has 1 aliphatic heterocycles. The fourth-order valence-electron chi connectivity index (χ4n) is 2.18. The summed E-state index contributed by atoms with van der Waals surface area (Å²) in [6.45, 7) is 4.86. The fraction of sp³-hybridized carbons (Fsp3) is 0.833. The second-order valence-electron chi connectivity index (χ2n) is 4.80. The van der Waals surface area contributed by atoms with Crippen LogP contribution in [0.2, 0.25) is 0 Å². The number of rotatable bonds is 4. The number of ether oxygens (including phenoxy) is 1. The predicted molar refractivity (Wildman–Crippen MR) is 66.4 cm³/mol. The average molecular weight is 258 g/mol. The van der Waals surface area contributed by atoms with Crippen LogP contribution >= 0.6 is 0 Å². The summed E-state index contributed by atoms with van der Waals surface area (Å²) >= 11 is 0. The van der Waals surface area contributed by atoms with Crippen molar-refractivity contribution in [1.29, 1.82) is 0 Å². The summed E-state index contributed by atoms with van der Waals surface area (Å²) in [5.74, 6) is -0.597. The van der Waals surface area contributed by atoms with E-state index in [0.29, 0.717) is 5.92 Å². The first-order valence-corrected chi connectivity index (χ1v) is 6.27. The van der Waals surface area contributed by atoms with Crippen molar-refractivity contribution >= 4 is 12.0 Å². The van der Waals surface area contributed by atoms with Crippen LogP contribution in [-0.4, -0.2) is 54.4 Å². The van der Waals surface area contributed by atoms with Gasteiger partial charge in [0.05, 0.1) is 6.54 Å². The molecular formula is C12H22N2O4. The summed E-state index contributed by atoms with van der Waals surface area (Å²) in [6, 6.07) is -0.0260. The van der Waals surface area contributed by atoms with E-state index < -0.39 is 12.1 Å². The Kier molecular flexibility index (Phi) is 5.40. The van der Waals surface area contributed by atoms with Gasteiger partial charge in [-0.3, -0.25) is 0 Å². The van der Waals surface area contributed by atoms with Crippen LogP contribution in [0.4, 0.5) is 4.79 Å². The number of urea groups is 1. The smallest absolute Gasteiger partial charge is 0.334 e. The molecule has 18 heavy (non-hydrogen) atoms. The Bertz CT molecular complexity index is 308. The normalized spacial score (nSPS) is 25.6. The number of methoxy groups -OCH3 is 1. The highest BCUT2D eigenvalue weighted by atomic mass is 16.5. The standard InChI is InChI=1S/C12H22N2O4/c1-8-5-4-6-14(9(8)2)12(17)13-7-10(18-3)11(15)16/h8-10H,4-7H2,1-3H3,(H,13,17)(H,15,16). The van der Waals surface area contributed by atoms with E-state index in [1.54, 1.807) is 4.90 Å². The molecule has 1 rings (SSSR count). The second-order valence-corrected chi connectivity index (χ2v) is 4.80. The summed E-state index contributed by atoms with van der Waals surface area (Å²) in [4.78, 5) is 24.5. The van der Waals surface area contributed by atoms with Crippen LogP contribution in [-0.2, 0) is 9.53 Å². The Balaban J connectivity index is 2.47. The van der Waals surface area contributed by atoms with Crippen molar-refractivity contribution in [3.63, 3.8) is 0 Å². The van der Waals surface area contributed by atoms with Gasteiger partial charge < -0.3 is 20.1 Å². The van der Waals surface area contributed by atoms with Gasteiger partial charge in [-0.1, -0.05) is 6.92 Å². The largest absolute Gasteiger partial charge is 0.479 e. The Morgan fingerprint density at radius 3 is 2.72 bits per heavy atom. The molecule has 0 spiro atoms. The predicted octanol–water partition coefficient (Wildman–Crippen LogP) is 0.916. The monoisotopic (exact) mass is 258 g/mol. The molecule has 6 nitrogen and oxygen atoms in total. The van der Waals surface area contributed by atoms with Gasteiger partial charge in [0.15, 0.2) is 6.10 Å². The minimum atomic E-state index is -1.07. The van der Waals surface area contributed by atoms with Gasteiger partial charge in [-0.15, -0.1) is 0 Å². The maximum Gasteiger partial charge on any atom is 0.334 e. The van der Waals surface area contributed by atoms with E-state index in [2.05, 4.69) is 12.2 Å². The number of nitrogens with zero attached hydrogens (tertiary/aromatic N) is 1. The minimum absolute atomic E-state index is 0.0116. The molecule has 1 aliphatic rings. The lowest BCUT2D eigenvalue weighted by Crippen LogP contribution is -2.52. The number of piperidine rings is 1. The molecular weight excluding hydrogens is 236 g/mol. The lowest BCUT2D eigenvalue weighted by molar-refractivity contribution is -0.148. The topological polar surface area (TPSA) is 78.9 Å². The Hall–Kier alpha value is -1.30. The molecule has 0 aromatic carbocycles. The molecule has 1 heterocycles. The number of hydrogen-bond acceptors (Lipinski definition) is 3. The Labute approximate surface area is 107 Å². The van der Waals surface area contributed by atoms with Gasteiger partial charge in [-0.2, -0.15) is 0 Å². The Morgan fingerprint density at radius 2 is 2.17 bits per heavy atom. The number of carboxylic acids is 1. The Morgan fingerprint density at radius 1 is 1.50 bits per heavy atom. The third kappa shape index (κ3) is 3.60. The van der Waals surface area contributed by atoms with Gasteiger partial charge in [0.25, 0.3) is 0 Å². The zero-order chi connectivity index (χ0) is 13.7.